The van der Waals surface area contributed by atoms with Crippen LogP contribution in [-0.2, 0) is 13.6 Å². The van der Waals surface area contributed by atoms with E-state index in [9.17, 15) is 14.0 Å². The summed E-state index contributed by atoms with van der Waals surface area (Å²) < 4.78 is 28.0. The summed E-state index contributed by atoms with van der Waals surface area (Å²) >= 11 is 2.01. The number of carbonyl (C=O) groups is 1. The van der Waals surface area contributed by atoms with E-state index in [4.69, 9.17) is 9.47 Å². The van der Waals surface area contributed by atoms with Gasteiger partial charge in [0.25, 0.3) is 11.5 Å². The summed E-state index contributed by atoms with van der Waals surface area (Å²) in [5.74, 6) is 0.332. The fraction of sp³-hybridized carbons (Fsp3) is 0.143. The average molecular weight is 613 g/mol. The molecule has 0 bridgehead atoms. The number of rotatable bonds is 8. The van der Waals surface area contributed by atoms with E-state index in [1.54, 1.807) is 43.5 Å². The van der Waals surface area contributed by atoms with Crippen molar-refractivity contribution < 1.29 is 18.7 Å². The van der Waals surface area contributed by atoms with Gasteiger partial charge in [-0.25, -0.2) is 4.39 Å². The fourth-order valence-corrected chi connectivity index (χ4v) is 4.10. The second kappa shape index (κ2) is 11.5. The van der Waals surface area contributed by atoms with E-state index >= 15 is 0 Å². The first kappa shape index (κ1) is 26.2. The number of pyridine rings is 1. The molecule has 0 aliphatic carbocycles. The van der Waals surface area contributed by atoms with E-state index in [0.29, 0.717) is 15.1 Å². The highest BCUT2D eigenvalue weighted by Gasteiger charge is 2.24. The van der Waals surface area contributed by atoms with Gasteiger partial charge in [0.15, 0.2) is 0 Å². The lowest BCUT2D eigenvalue weighted by Gasteiger charge is -2.20. The van der Waals surface area contributed by atoms with Crippen molar-refractivity contribution >= 4 is 40.0 Å². The van der Waals surface area contributed by atoms with Gasteiger partial charge in [-0.3, -0.25) is 14.2 Å². The van der Waals surface area contributed by atoms with Gasteiger partial charge in [0, 0.05) is 23.2 Å². The SMILES string of the molecule is COc1ccc(CNC(=O)c2c(Oc3ccccc3C)cc(=O)n(C)c2Nc2ccc(I)cc2F)cc1. The number of methoxy groups -OCH3 is 1. The number of hydrogen-bond acceptors (Lipinski definition) is 5. The van der Waals surface area contributed by atoms with Crippen LogP contribution in [0.5, 0.6) is 17.2 Å². The molecular formula is C28H25FIN3O4. The number of hydrogen-bond donors (Lipinski definition) is 2. The van der Waals surface area contributed by atoms with Crippen molar-refractivity contribution in [3.63, 3.8) is 0 Å². The van der Waals surface area contributed by atoms with E-state index in [-0.39, 0.29) is 29.4 Å². The molecule has 0 atom stereocenters. The van der Waals surface area contributed by atoms with Crippen molar-refractivity contribution in [2.45, 2.75) is 13.5 Å². The third-order valence-electron chi connectivity index (χ3n) is 5.74. The van der Waals surface area contributed by atoms with Crippen LogP contribution in [0.2, 0.25) is 0 Å². The summed E-state index contributed by atoms with van der Waals surface area (Å²) in [6.07, 6.45) is 0. The molecular weight excluding hydrogens is 588 g/mol. The van der Waals surface area contributed by atoms with Crippen LogP contribution in [0.15, 0.2) is 77.6 Å². The van der Waals surface area contributed by atoms with Crippen molar-refractivity contribution in [2.75, 3.05) is 12.4 Å². The van der Waals surface area contributed by atoms with Crippen LogP contribution >= 0.6 is 22.6 Å². The standard InChI is InChI=1S/C28H25FIN3O4/c1-17-6-4-5-7-23(17)37-24-15-25(34)33(2)27(32-22-13-10-19(30)14-21(22)29)26(24)28(35)31-16-18-8-11-20(36-3)12-9-18/h4-15,32H,16H2,1-3H3,(H,31,35). The molecule has 1 heterocycles. The number of amides is 1. The zero-order valence-electron chi connectivity index (χ0n) is 20.5. The van der Waals surface area contributed by atoms with Crippen LogP contribution in [0.4, 0.5) is 15.9 Å². The molecule has 190 valence electrons. The minimum atomic E-state index is -0.519. The maximum Gasteiger partial charge on any atom is 0.259 e. The zero-order valence-corrected chi connectivity index (χ0v) is 22.6. The molecule has 0 radical (unpaired) electrons. The predicted molar refractivity (Wildman–Crippen MR) is 149 cm³/mol. The Morgan fingerprint density at radius 1 is 1.03 bits per heavy atom. The van der Waals surface area contributed by atoms with Gasteiger partial charge >= 0.3 is 0 Å². The van der Waals surface area contributed by atoms with Crippen LogP contribution in [-0.4, -0.2) is 17.6 Å². The number of para-hydroxylation sites is 1. The average Bonchev–Trinajstić information content (AvgIpc) is 2.88. The summed E-state index contributed by atoms with van der Waals surface area (Å²) in [5.41, 5.74) is 1.43. The Morgan fingerprint density at radius 3 is 2.43 bits per heavy atom. The molecule has 0 saturated heterocycles. The number of carbonyl (C=O) groups excluding carboxylic acids is 1. The Kier molecular flexibility index (Phi) is 8.12. The van der Waals surface area contributed by atoms with Gasteiger partial charge in [-0.2, -0.15) is 0 Å². The first-order valence-corrected chi connectivity index (χ1v) is 12.5. The summed E-state index contributed by atoms with van der Waals surface area (Å²) in [7, 11) is 3.09. The molecule has 9 heteroatoms. The van der Waals surface area contributed by atoms with E-state index in [0.717, 1.165) is 11.1 Å². The number of aromatic nitrogens is 1. The number of nitrogens with zero attached hydrogens (tertiary/aromatic N) is 1. The fourth-order valence-electron chi connectivity index (χ4n) is 3.64. The van der Waals surface area contributed by atoms with Crippen LogP contribution in [0, 0.1) is 16.3 Å². The van der Waals surface area contributed by atoms with Gasteiger partial charge in [0.1, 0.15) is 34.4 Å². The molecule has 1 amide bonds. The first-order valence-electron chi connectivity index (χ1n) is 11.4. The smallest absolute Gasteiger partial charge is 0.259 e. The van der Waals surface area contributed by atoms with Crippen LogP contribution < -0.4 is 25.7 Å². The molecule has 3 aromatic carbocycles. The number of nitrogens with one attached hydrogen (secondary N) is 2. The lowest BCUT2D eigenvalue weighted by molar-refractivity contribution is 0.0948. The molecule has 4 aromatic rings. The minimum Gasteiger partial charge on any atom is -0.497 e. The third kappa shape index (κ3) is 6.11. The lowest BCUT2D eigenvalue weighted by atomic mass is 10.1. The van der Waals surface area contributed by atoms with Gasteiger partial charge in [0.05, 0.1) is 12.8 Å². The number of ether oxygens (including phenoxy) is 2. The van der Waals surface area contributed by atoms with E-state index in [1.165, 1.54) is 23.7 Å². The molecule has 0 aliphatic heterocycles. The normalized spacial score (nSPS) is 10.6. The summed E-state index contributed by atoms with van der Waals surface area (Å²) in [6, 6.07) is 20.4. The first-order chi connectivity index (χ1) is 17.8. The van der Waals surface area contributed by atoms with Gasteiger partial charge in [-0.15, -0.1) is 0 Å². The largest absolute Gasteiger partial charge is 0.497 e. The van der Waals surface area contributed by atoms with Gasteiger partial charge in [-0.05, 0) is 77.0 Å². The highest BCUT2D eigenvalue weighted by Crippen LogP contribution is 2.33. The number of aryl methyl sites for hydroxylation is 1. The molecule has 1 aromatic heterocycles. The molecule has 4 rings (SSSR count). The maximum absolute atomic E-state index is 14.7. The number of halogens is 2. The summed E-state index contributed by atoms with van der Waals surface area (Å²) in [5, 5.41) is 5.82. The maximum atomic E-state index is 14.7. The summed E-state index contributed by atoms with van der Waals surface area (Å²) in [6.45, 7) is 2.08. The minimum absolute atomic E-state index is 0.0538. The van der Waals surface area contributed by atoms with Gasteiger partial charge < -0.3 is 20.1 Å². The van der Waals surface area contributed by atoms with Crippen LogP contribution in [0.1, 0.15) is 21.5 Å². The molecule has 37 heavy (non-hydrogen) atoms. The molecule has 7 nitrogen and oxygen atoms in total. The number of anilines is 2. The van der Waals surface area contributed by atoms with Gasteiger partial charge in [0.2, 0.25) is 0 Å². The number of benzene rings is 3. The van der Waals surface area contributed by atoms with Crippen molar-refractivity contribution in [1.82, 2.24) is 9.88 Å². The second-order valence-electron chi connectivity index (χ2n) is 8.28. The molecule has 0 saturated carbocycles. The highest BCUT2D eigenvalue weighted by molar-refractivity contribution is 14.1. The molecule has 0 spiro atoms. The molecule has 0 fully saturated rings. The Morgan fingerprint density at radius 2 is 1.76 bits per heavy atom. The Balaban J connectivity index is 1.77. The quantitative estimate of drug-likeness (QED) is 0.242. The van der Waals surface area contributed by atoms with Gasteiger partial charge in [-0.1, -0.05) is 30.3 Å². The van der Waals surface area contributed by atoms with E-state index in [2.05, 4.69) is 10.6 Å². The van der Waals surface area contributed by atoms with E-state index < -0.39 is 17.3 Å². The van der Waals surface area contributed by atoms with E-state index in [1.807, 2.05) is 53.8 Å². The monoisotopic (exact) mass is 613 g/mol. The van der Waals surface area contributed by atoms with Crippen molar-refractivity contribution in [3.05, 3.63) is 109 Å². The Bertz CT molecular complexity index is 1500. The highest BCUT2D eigenvalue weighted by atomic mass is 127. The van der Waals surface area contributed by atoms with Crippen LogP contribution in [0.25, 0.3) is 0 Å². The van der Waals surface area contributed by atoms with Crippen molar-refractivity contribution in [3.8, 4) is 17.2 Å². The summed E-state index contributed by atoms with van der Waals surface area (Å²) in [4.78, 5) is 26.5. The van der Waals surface area contributed by atoms with Crippen LogP contribution in [0.3, 0.4) is 0 Å². The molecule has 0 unspecified atom stereocenters. The van der Waals surface area contributed by atoms with Crippen molar-refractivity contribution in [2.24, 2.45) is 7.05 Å². The predicted octanol–water partition coefficient (Wildman–Crippen LogP) is 5.91. The zero-order chi connectivity index (χ0) is 26.5. The lowest BCUT2D eigenvalue weighted by Crippen LogP contribution is -2.29. The Hall–Kier alpha value is -3.86. The topological polar surface area (TPSA) is 81.6 Å². The second-order valence-corrected chi connectivity index (χ2v) is 9.52. The van der Waals surface area contributed by atoms with Crippen molar-refractivity contribution in [1.29, 1.82) is 0 Å². The third-order valence-corrected chi connectivity index (χ3v) is 6.41. The Labute approximate surface area is 227 Å². The molecule has 0 aliphatic rings. The molecule has 2 N–H and O–H groups in total.